The molecule has 18 aromatic carbocycles. The first-order valence-electron chi connectivity index (χ1n) is 36.3. The Morgan fingerprint density at radius 2 is 0.529 bits per heavy atom. The molecule has 0 fully saturated rings. The van der Waals surface area contributed by atoms with Crippen LogP contribution in [0.25, 0.3) is 121 Å². The lowest BCUT2D eigenvalue weighted by Crippen LogP contribution is -2.26. The van der Waals surface area contributed by atoms with Gasteiger partial charge >= 0.3 is 0 Å². The van der Waals surface area contributed by atoms with E-state index in [0.717, 1.165) is 50.8 Å². The zero-order valence-electron chi connectivity index (χ0n) is 56.8. The van der Waals surface area contributed by atoms with E-state index in [0.29, 0.717) is 0 Å². The van der Waals surface area contributed by atoms with Crippen LogP contribution >= 0.6 is 0 Å². The van der Waals surface area contributed by atoms with Gasteiger partial charge in [0.05, 0.1) is 27.9 Å². The van der Waals surface area contributed by atoms with Gasteiger partial charge in [0, 0.05) is 33.4 Å². The Morgan fingerprint density at radius 3 is 1.12 bits per heavy atom. The van der Waals surface area contributed by atoms with E-state index in [4.69, 9.17) is 0 Å². The molecule has 18 aromatic rings. The number of hydrogen-bond donors (Lipinski definition) is 0. The zero-order valence-corrected chi connectivity index (χ0v) is 56.8. The van der Waals surface area contributed by atoms with Gasteiger partial charge in [-0.2, -0.15) is 0 Å². The standard InChI is InChI=1S/C102H64N2/c1-4-29-65(30-5-1)67-32-27-39-72(62-67)103(70-35-6-2-7-36-70)95-63-92-100(84-48-14-12-46-81(84)95)98-83-51-28-50-73(76(83)58-60-91(98)102(92)88-54-23-18-44-79(88)80-45-19-24-55-89(80)102)68-33-26-34-69(61-68)74-40-20-25-56-94(74)104(71-37-8-3-9-38-71)96-64-93-99(85-49-15-13-47-82(85)96)97-75-41-11-10-31-66(75)57-59-90(97)101(93)86-52-21-16-42-77(86)78-43-17-22-53-87(78)101/h1-64H. The van der Waals surface area contributed by atoms with Crippen molar-refractivity contribution in [1.82, 2.24) is 0 Å². The fraction of sp³-hybridized carbons (Fsp3) is 0.0196. The molecular weight excluding hydrogens is 1250 g/mol. The van der Waals surface area contributed by atoms with Crippen molar-refractivity contribution < 1.29 is 0 Å². The quantitative estimate of drug-likeness (QED) is 0.142. The summed E-state index contributed by atoms with van der Waals surface area (Å²) in [6.07, 6.45) is 0. The normalized spacial score (nSPS) is 13.3. The molecule has 0 saturated heterocycles. The van der Waals surface area contributed by atoms with E-state index in [1.807, 2.05) is 0 Å². The molecule has 0 unspecified atom stereocenters. The highest BCUT2D eigenvalue weighted by Gasteiger charge is 2.55. The smallest absolute Gasteiger partial charge is 0.0726 e. The van der Waals surface area contributed by atoms with Gasteiger partial charge in [-0.05, 0) is 210 Å². The number of fused-ring (bicyclic) bond motifs is 28. The molecule has 22 rings (SSSR count). The predicted molar refractivity (Wildman–Crippen MR) is 435 cm³/mol. The van der Waals surface area contributed by atoms with Crippen LogP contribution in [0.3, 0.4) is 0 Å². The second-order valence-corrected chi connectivity index (χ2v) is 28.4. The molecule has 0 saturated carbocycles. The summed E-state index contributed by atoms with van der Waals surface area (Å²) < 4.78 is 0. The first-order chi connectivity index (χ1) is 51.6. The third-order valence-electron chi connectivity index (χ3n) is 23.4. The predicted octanol–water partition coefficient (Wildman–Crippen LogP) is 26.9. The monoisotopic (exact) mass is 1320 g/mol. The summed E-state index contributed by atoms with van der Waals surface area (Å²) in [5.41, 5.74) is 33.2. The molecule has 0 aliphatic heterocycles. The molecule has 0 heterocycles. The lowest BCUT2D eigenvalue weighted by atomic mass is 9.70. The van der Waals surface area contributed by atoms with Crippen molar-refractivity contribution in [2.45, 2.75) is 10.8 Å². The van der Waals surface area contributed by atoms with Gasteiger partial charge in [0.2, 0.25) is 0 Å². The summed E-state index contributed by atoms with van der Waals surface area (Å²) in [4.78, 5) is 5.05. The van der Waals surface area contributed by atoms with Gasteiger partial charge in [0.25, 0.3) is 0 Å². The lowest BCUT2D eigenvalue weighted by molar-refractivity contribution is 0.795. The Bertz CT molecular complexity index is 6530. The van der Waals surface area contributed by atoms with Crippen molar-refractivity contribution >= 4 is 77.2 Å². The summed E-state index contributed by atoms with van der Waals surface area (Å²) in [6.45, 7) is 0. The van der Waals surface area contributed by atoms with Crippen molar-refractivity contribution in [3.63, 3.8) is 0 Å². The summed E-state index contributed by atoms with van der Waals surface area (Å²) in [6, 6.07) is 146. The maximum absolute atomic E-state index is 2.58. The second-order valence-electron chi connectivity index (χ2n) is 28.4. The second kappa shape index (κ2) is 22.6. The molecule has 2 heteroatoms. The summed E-state index contributed by atoms with van der Waals surface area (Å²) in [5.74, 6) is 0. The Labute approximate surface area is 604 Å². The summed E-state index contributed by atoms with van der Waals surface area (Å²) in [7, 11) is 0. The highest BCUT2D eigenvalue weighted by molar-refractivity contribution is 6.20. The van der Waals surface area contributed by atoms with Crippen molar-refractivity contribution in [2.24, 2.45) is 0 Å². The SMILES string of the molecule is c1ccc(-c2cccc(N(c3ccccc3)c3cc4c(c5ccccc35)-c3c(ccc5c(-c6cccc(-c7ccccc7N(c7ccccc7)c7cc8c(c9ccccc79)-c7c(ccc9ccccc79)C87c8ccccc8-c8ccccc87)c6)cccc35)C43c4ccccc4-c4ccccc43)c2)cc1. The van der Waals surface area contributed by atoms with Crippen molar-refractivity contribution in [3.05, 3.63) is 433 Å². The molecule has 0 N–H and O–H groups in total. The third kappa shape index (κ3) is 8.05. The number of nitrogens with zero attached hydrogens (tertiary/aromatic N) is 2. The topological polar surface area (TPSA) is 6.48 Å². The Balaban J connectivity index is 0.750. The van der Waals surface area contributed by atoms with Crippen LogP contribution in [0.4, 0.5) is 34.1 Å². The zero-order chi connectivity index (χ0) is 68.2. The summed E-state index contributed by atoms with van der Waals surface area (Å²) >= 11 is 0. The number of benzene rings is 18. The number of rotatable bonds is 9. The van der Waals surface area contributed by atoms with E-state index < -0.39 is 10.8 Å². The summed E-state index contributed by atoms with van der Waals surface area (Å²) in [5, 5.41) is 9.81. The molecule has 0 radical (unpaired) electrons. The minimum absolute atomic E-state index is 0.583. The Kier molecular flexibility index (Phi) is 12.7. The molecule has 2 nitrogen and oxygen atoms in total. The van der Waals surface area contributed by atoms with Crippen LogP contribution in [0.1, 0.15) is 44.5 Å². The molecule has 482 valence electrons. The average Bonchev–Trinajstić information content (AvgIpc) is 1.50. The minimum atomic E-state index is -0.640. The molecule has 104 heavy (non-hydrogen) atoms. The number of anilines is 6. The third-order valence-corrected chi connectivity index (χ3v) is 23.4. The van der Waals surface area contributed by atoms with Gasteiger partial charge in [-0.1, -0.05) is 328 Å². The highest BCUT2D eigenvalue weighted by atomic mass is 15.2. The molecule has 2 spiro atoms. The highest BCUT2D eigenvalue weighted by Crippen LogP contribution is 2.68. The molecule has 4 aliphatic rings. The fourth-order valence-corrected chi connectivity index (χ4v) is 19.4. The van der Waals surface area contributed by atoms with Crippen LogP contribution in [-0.4, -0.2) is 0 Å². The van der Waals surface area contributed by atoms with Gasteiger partial charge in [-0.25, -0.2) is 0 Å². The van der Waals surface area contributed by atoms with Gasteiger partial charge in [-0.15, -0.1) is 0 Å². The van der Waals surface area contributed by atoms with Gasteiger partial charge < -0.3 is 9.80 Å². The maximum Gasteiger partial charge on any atom is 0.0726 e. The first kappa shape index (κ1) is 58.4. The van der Waals surface area contributed by atoms with E-state index in [2.05, 4.69) is 398 Å². The molecule has 0 bridgehead atoms. The molecule has 0 aromatic heterocycles. The first-order valence-corrected chi connectivity index (χ1v) is 36.3. The van der Waals surface area contributed by atoms with Gasteiger partial charge in [-0.3, -0.25) is 0 Å². The van der Waals surface area contributed by atoms with Crippen LogP contribution in [0.5, 0.6) is 0 Å². The van der Waals surface area contributed by atoms with E-state index in [9.17, 15) is 0 Å². The van der Waals surface area contributed by atoms with Crippen molar-refractivity contribution in [1.29, 1.82) is 0 Å². The lowest BCUT2D eigenvalue weighted by Gasteiger charge is -2.33. The average molecular weight is 1320 g/mol. The van der Waals surface area contributed by atoms with Crippen LogP contribution in [-0.2, 0) is 10.8 Å². The van der Waals surface area contributed by atoms with Crippen LogP contribution in [0.15, 0.2) is 388 Å². The van der Waals surface area contributed by atoms with E-state index in [-0.39, 0.29) is 0 Å². The molecule has 4 aliphatic carbocycles. The van der Waals surface area contributed by atoms with Gasteiger partial charge in [0.15, 0.2) is 0 Å². The van der Waals surface area contributed by atoms with Crippen molar-refractivity contribution in [2.75, 3.05) is 9.80 Å². The van der Waals surface area contributed by atoms with Crippen LogP contribution in [0.2, 0.25) is 0 Å². The number of para-hydroxylation sites is 3. The Hall–Kier alpha value is -13.4. The van der Waals surface area contributed by atoms with E-state index >= 15 is 0 Å². The fourth-order valence-electron chi connectivity index (χ4n) is 19.4. The van der Waals surface area contributed by atoms with Crippen LogP contribution < -0.4 is 9.80 Å². The largest absolute Gasteiger partial charge is 0.310 e. The van der Waals surface area contributed by atoms with Gasteiger partial charge in [0.1, 0.15) is 0 Å². The Morgan fingerprint density at radius 1 is 0.163 bits per heavy atom. The molecule has 0 atom stereocenters. The molecular formula is C102H64N2. The molecule has 0 amide bonds. The van der Waals surface area contributed by atoms with Crippen LogP contribution in [0, 0.1) is 0 Å². The minimum Gasteiger partial charge on any atom is -0.310 e. The van der Waals surface area contributed by atoms with E-state index in [1.54, 1.807) is 0 Å². The number of hydrogen-bond acceptors (Lipinski definition) is 2. The maximum atomic E-state index is 2.58. The van der Waals surface area contributed by atoms with Crippen molar-refractivity contribution in [3.8, 4) is 77.9 Å². The van der Waals surface area contributed by atoms with E-state index in [1.165, 1.54) is 149 Å².